The van der Waals surface area contributed by atoms with Gasteiger partial charge in [-0.15, -0.1) is 11.3 Å². The Morgan fingerprint density at radius 2 is 1.86 bits per heavy atom. The maximum atomic E-state index is 13.9. The van der Waals surface area contributed by atoms with Crippen molar-refractivity contribution in [3.05, 3.63) is 116 Å². The third kappa shape index (κ3) is 4.77. The van der Waals surface area contributed by atoms with Crippen LogP contribution in [0.3, 0.4) is 0 Å². The van der Waals surface area contributed by atoms with Crippen LogP contribution in [0.15, 0.2) is 82.8 Å². The summed E-state index contributed by atoms with van der Waals surface area (Å²) in [6.45, 7) is 2.77. The molecule has 0 saturated heterocycles. The highest BCUT2D eigenvalue weighted by molar-refractivity contribution is 7.10. The lowest BCUT2D eigenvalue weighted by Gasteiger charge is -2.38. The number of rotatable bonds is 6. The van der Waals surface area contributed by atoms with Crippen molar-refractivity contribution in [2.75, 3.05) is 13.1 Å². The van der Waals surface area contributed by atoms with E-state index in [2.05, 4.69) is 30.5 Å². The van der Waals surface area contributed by atoms with Gasteiger partial charge in [0.25, 0.3) is 5.91 Å². The normalized spacial score (nSPS) is 15.0. The van der Waals surface area contributed by atoms with Gasteiger partial charge >= 0.3 is 0 Å². The van der Waals surface area contributed by atoms with Crippen LogP contribution in [0.1, 0.15) is 43.7 Å². The average molecular weight is 505 g/mol. The minimum Gasteiger partial charge on any atom is -0.467 e. The maximum absolute atomic E-state index is 13.9. The van der Waals surface area contributed by atoms with Crippen LogP contribution in [0.25, 0.3) is 0 Å². The molecule has 2 aromatic heterocycles. The van der Waals surface area contributed by atoms with Gasteiger partial charge in [0.05, 0.1) is 29.4 Å². The minimum absolute atomic E-state index is 0.0768. The fraction of sp³-hybridized carbons (Fsp3) is 0.214. The number of hydrogen-bond donors (Lipinski definition) is 0. The molecule has 1 aliphatic heterocycles. The summed E-state index contributed by atoms with van der Waals surface area (Å²) >= 11 is 8.06. The molecule has 178 valence electrons. The van der Waals surface area contributed by atoms with Gasteiger partial charge in [-0.1, -0.05) is 48.0 Å². The third-order valence-electron chi connectivity index (χ3n) is 6.41. The smallest absolute Gasteiger partial charge is 0.256 e. The number of aryl methyl sites for hydroxylation is 1. The number of hydrogen-bond acceptors (Lipinski definition) is 4. The van der Waals surface area contributed by atoms with Gasteiger partial charge in [0, 0.05) is 11.4 Å². The van der Waals surface area contributed by atoms with Crippen LogP contribution < -0.4 is 0 Å². The first-order chi connectivity index (χ1) is 17.0. The molecule has 3 heterocycles. The molecule has 0 spiro atoms. The second-order valence-corrected chi connectivity index (χ2v) is 10.0. The molecule has 0 radical (unpaired) electrons. The highest BCUT2D eigenvalue weighted by Crippen LogP contribution is 2.39. The summed E-state index contributed by atoms with van der Waals surface area (Å²) in [5.41, 5.74) is 3.77. The van der Waals surface area contributed by atoms with Crippen molar-refractivity contribution in [1.82, 2.24) is 9.80 Å². The standard InChI is InChI=1S/C28H25ClN2O3S/c1-19-7-2-3-9-21(19)27-23-13-16-35-25(23)12-14-31(27)26(32)18-30(17-20-8-6-15-34-20)28(33)22-10-4-5-11-24(22)29/h2-11,13,15-16,27H,12,14,17-18H2,1H3. The van der Waals surface area contributed by atoms with Crippen molar-refractivity contribution in [2.24, 2.45) is 0 Å². The van der Waals surface area contributed by atoms with E-state index >= 15 is 0 Å². The summed E-state index contributed by atoms with van der Waals surface area (Å²) in [5, 5.41) is 2.45. The molecule has 2 aromatic carbocycles. The molecule has 5 rings (SSSR count). The Morgan fingerprint density at radius 1 is 1.06 bits per heavy atom. The molecule has 4 aromatic rings. The molecular formula is C28H25ClN2O3S. The first kappa shape index (κ1) is 23.4. The van der Waals surface area contributed by atoms with Gasteiger partial charge < -0.3 is 14.2 Å². The van der Waals surface area contributed by atoms with E-state index in [0.717, 1.165) is 17.5 Å². The number of carbonyl (C=O) groups excluding carboxylic acids is 2. The number of nitrogens with zero attached hydrogens (tertiary/aromatic N) is 2. The van der Waals surface area contributed by atoms with Gasteiger partial charge in [-0.3, -0.25) is 9.59 Å². The Kier molecular flexibility index (Phi) is 6.75. The van der Waals surface area contributed by atoms with Crippen molar-refractivity contribution >= 4 is 34.8 Å². The first-order valence-electron chi connectivity index (χ1n) is 11.5. The Hall–Kier alpha value is -3.35. The van der Waals surface area contributed by atoms with Crippen LogP contribution in [0.2, 0.25) is 5.02 Å². The fourth-order valence-corrected chi connectivity index (χ4v) is 5.78. The number of carbonyl (C=O) groups is 2. The lowest BCUT2D eigenvalue weighted by atomic mass is 9.90. The molecule has 0 bridgehead atoms. The third-order valence-corrected chi connectivity index (χ3v) is 7.74. The van der Waals surface area contributed by atoms with Crippen molar-refractivity contribution in [3.63, 3.8) is 0 Å². The molecule has 1 atom stereocenters. The largest absolute Gasteiger partial charge is 0.467 e. The molecule has 35 heavy (non-hydrogen) atoms. The van der Waals surface area contributed by atoms with Crippen LogP contribution >= 0.6 is 22.9 Å². The van der Waals surface area contributed by atoms with Crippen molar-refractivity contribution in [3.8, 4) is 0 Å². The Bertz CT molecular complexity index is 1350. The number of furan rings is 1. The van der Waals surface area contributed by atoms with E-state index < -0.39 is 0 Å². The molecule has 7 heteroatoms. The highest BCUT2D eigenvalue weighted by Gasteiger charge is 2.35. The average Bonchev–Trinajstić information content (AvgIpc) is 3.55. The molecule has 0 N–H and O–H groups in total. The first-order valence-corrected chi connectivity index (χ1v) is 12.8. The zero-order valence-corrected chi connectivity index (χ0v) is 20.9. The SMILES string of the molecule is Cc1ccccc1C1c2ccsc2CCN1C(=O)CN(Cc1ccco1)C(=O)c1ccccc1Cl. The van der Waals surface area contributed by atoms with Crippen LogP contribution in [0.5, 0.6) is 0 Å². The van der Waals surface area contributed by atoms with E-state index in [0.29, 0.717) is 22.9 Å². The second kappa shape index (κ2) is 10.1. The Labute approximate surface area is 213 Å². The van der Waals surface area contributed by atoms with E-state index in [-0.39, 0.29) is 30.9 Å². The molecule has 5 nitrogen and oxygen atoms in total. The summed E-state index contributed by atoms with van der Waals surface area (Å²) in [5.74, 6) is 0.190. The Morgan fingerprint density at radius 3 is 2.63 bits per heavy atom. The number of thiophene rings is 1. The lowest BCUT2D eigenvalue weighted by molar-refractivity contribution is -0.134. The number of halogens is 1. The number of benzene rings is 2. The van der Waals surface area contributed by atoms with Gasteiger partial charge in [0.1, 0.15) is 12.3 Å². The lowest BCUT2D eigenvalue weighted by Crippen LogP contribution is -2.46. The second-order valence-electron chi connectivity index (χ2n) is 8.62. The van der Waals surface area contributed by atoms with Crippen molar-refractivity contribution < 1.29 is 14.0 Å². The number of amides is 2. The zero-order chi connectivity index (χ0) is 24.4. The highest BCUT2D eigenvalue weighted by atomic mass is 35.5. The van der Waals surface area contributed by atoms with Gasteiger partial charge in [-0.2, -0.15) is 0 Å². The van der Waals surface area contributed by atoms with E-state index in [1.54, 1.807) is 54.0 Å². The van der Waals surface area contributed by atoms with E-state index in [4.69, 9.17) is 16.0 Å². The molecule has 0 saturated carbocycles. The quantitative estimate of drug-likeness (QED) is 0.318. The maximum Gasteiger partial charge on any atom is 0.256 e. The van der Waals surface area contributed by atoms with E-state index in [1.165, 1.54) is 15.3 Å². The zero-order valence-electron chi connectivity index (χ0n) is 19.3. The van der Waals surface area contributed by atoms with Gasteiger partial charge in [-0.25, -0.2) is 0 Å². The predicted octanol–water partition coefficient (Wildman–Crippen LogP) is 6.12. The minimum atomic E-state index is -0.305. The molecule has 0 aliphatic carbocycles. The van der Waals surface area contributed by atoms with Gasteiger partial charge in [0.2, 0.25) is 5.91 Å². The molecule has 0 fully saturated rings. The van der Waals surface area contributed by atoms with Crippen molar-refractivity contribution in [1.29, 1.82) is 0 Å². The Balaban J connectivity index is 1.47. The van der Waals surface area contributed by atoms with Gasteiger partial charge in [0.15, 0.2) is 0 Å². The van der Waals surface area contributed by atoms with E-state index in [1.807, 2.05) is 17.0 Å². The monoisotopic (exact) mass is 504 g/mol. The summed E-state index contributed by atoms with van der Waals surface area (Å²) < 4.78 is 5.50. The van der Waals surface area contributed by atoms with Crippen LogP contribution in [0.4, 0.5) is 0 Å². The number of fused-ring (bicyclic) bond motifs is 1. The molecule has 1 aliphatic rings. The molecular weight excluding hydrogens is 480 g/mol. The predicted molar refractivity (Wildman–Crippen MR) is 138 cm³/mol. The summed E-state index contributed by atoms with van der Waals surface area (Å²) in [6.07, 6.45) is 2.37. The molecule has 1 unspecified atom stereocenters. The van der Waals surface area contributed by atoms with Crippen LogP contribution in [0, 0.1) is 6.92 Å². The van der Waals surface area contributed by atoms with Gasteiger partial charge in [-0.05, 0) is 65.7 Å². The van der Waals surface area contributed by atoms with Crippen molar-refractivity contribution in [2.45, 2.75) is 25.9 Å². The van der Waals surface area contributed by atoms with Crippen LogP contribution in [-0.4, -0.2) is 34.7 Å². The van der Waals surface area contributed by atoms with E-state index in [9.17, 15) is 9.59 Å². The van der Waals surface area contributed by atoms with Crippen LogP contribution in [-0.2, 0) is 17.8 Å². The summed E-state index contributed by atoms with van der Waals surface area (Å²) in [4.78, 5) is 32.1. The molecule has 2 amide bonds. The topological polar surface area (TPSA) is 53.8 Å². The summed E-state index contributed by atoms with van der Waals surface area (Å²) in [6, 6.07) is 20.6. The summed E-state index contributed by atoms with van der Waals surface area (Å²) in [7, 11) is 0. The fourth-order valence-electron chi connectivity index (χ4n) is 4.66.